The lowest BCUT2D eigenvalue weighted by molar-refractivity contribution is 0.669. The molecular weight excluding hydrogens is 717 g/mol. The van der Waals surface area contributed by atoms with Crippen LogP contribution in [0.5, 0.6) is 0 Å². The summed E-state index contributed by atoms with van der Waals surface area (Å²) in [5.74, 6) is 0. The first-order valence-electron chi connectivity index (χ1n) is 20.3. The third-order valence-electron chi connectivity index (χ3n) is 12.9. The fourth-order valence-corrected chi connectivity index (χ4v) is 10.4. The van der Waals surface area contributed by atoms with E-state index in [2.05, 4.69) is 200 Å². The van der Waals surface area contributed by atoms with Crippen molar-refractivity contribution in [2.45, 2.75) is 5.41 Å². The topological polar surface area (TPSA) is 26.3 Å². The first-order valence-corrected chi connectivity index (χ1v) is 20.3. The Balaban J connectivity index is 1.17. The fourth-order valence-electron chi connectivity index (χ4n) is 10.4. The molecule has 274 valence electrons. The molecule has 0 saturated carbocycles. The van der Waals surface area contributed by atoms with Gasteiger partial charge < -0.3 is 8.83 Å². The molecule has 13 rings (SSSR count). The summed E-state index contributed by atoms with van der Waals surface area (Å²) in [5, 5.41) is 9.33. The van der Waals surface area contributed by atoms with Crippen LogP contribution in [0.25, 0.3) is 98.8 Å². The number of hydrogen-bond acceptors (Lipinski definition) is 2. The monoisotopic (exact) mass is 750 g/mol. The Kier molecular flexibility index (Phi) is 6.68. The van der Waals surface area contributed by atoms with Gasteiger partial charge in [-0.2, -0.15) is 0 Å². The number of para-hydroxylation sites is 1. The van der Waals surface area contributed by atoms with E-state index in [0.29, 0.717) is 0 Å². The van der Waals surface area contributed by atoms with Gasteiger partial charge in [0, 0.05) is 21.5 Å². The SMILES string of the molecule is c1ccc(C2(c3ccccc3)c3ccccc3-c3c(-c4ccc5oc6ccccc6c5c4)cc4ccc(-c5cccc6oc7cc8ccccc8cc7c56)cc4c32)cc1. The van der Waals surface area contributed by atoms with Crippen molar-refractivity contribution in [1.82, 2.24) is 0 Å². The summed E-state index contributed by atoms with van der Waals surface area (Å²) in [4.78, 5) is 0. The van der Waals surface area contributed by atoms with E-state index >= 15 is 0 Å². The molecule has 2 heteroatoms. The molecule has 0 amide bonds. The van der Waals surface area contributed by atoms with Crippen LogP contribution in [0.4, 0.5) is 0 Å². The Morgan fingerprint density at radius 3 is 1.76 bits per heavy atom. The fraction of sp³-hybridized carbons (Fsp3) is 0.0175. The van der Waals surface area contributed by atoms with E-state index in [0.717, 1.165) is 55.0 Å². The largest absolute Gasteiger partial charge is 0.456 e. The van der Waals surface area contributed by atoms with Crippen LogP contribution >= 0.6 is 0 Å². The van der Waals surface area contributed by atoms with Crippen molar-refractivity contribution in [1.29, 1.82) is 0 Å². The highest BCUT2D eigenvalue weighted by atomic mass is 16.3. The molecule has 1 aliphatic carbocycles. The van der Waals surface area contributed by atoms with Crippen LogP contribution in [0.2, 0.25) is 0 Å². The number of fused-ring (bicyclic) bond motifs is 12. The molecule has 0 saturated heterocycles. The predicted octanol–water partition coefficient (Wildman–Crippen LogP) is 15.5. The molecule has 0 aliphatic heterocycles. The molecule has 2 heterocycles. The zero-order chi connectivity index (χ0) is 38.7. The minimum Gasteiger partial charge on any atom is -0.456 e. The molecule has 0 fully saturated rings. The second-order valence-electron chi connectivity index (χ2n) is 15.9. The van der Waals surface area contributed by atoms with Crippen molar-refractivity contribution in [3.63, 3.8) is 0 Å². The maximum absolute atomic E-state index is 6.58. The van der Waals surface area contributed by atoms with Crippen molar-refractivity contribution in [3.05, 3.63) is 229 Å². The zero-order valence-electron chi connectivity index (χ0n) is 31.9. The Morgan fingerprint density at radius 2 is 0.932 bits per heavy atom. The summed E-state index contributed by atoms with van der Waals surface area (Å²) in [6.45, 7) is 0. The van der Waals surface area contributed by atoms with Crippen LogP contribution in [-0.4, -0.2) is 0 Å². The van der Waals surface area contributed by atoms with Gasteiger partial charge in [0.1, 0.15) is 22.3 Å². The Morgan fingerprint density at radius 1 is 0.322 bits per heavy atom. The summed E-state index contributed by atoms with van der Waals surface area (Å²) >= 11 is 0. The maximum Gasteiger partial charge on any atom is 0.136 e. The van der Waals surface area contributed by atoms with Gasteiger partial charge in [-0.3, -0.25) is 0 Å². The smallest absolute Gasteiger partial charge is 0.136 e. The van der Waals surface area contributed by atoms with Crippen LogP contribution < -0.4 is 0 Å². The van der Waals surface area contributed by atoms with Crippen LogP contribution in [0.3, 0.4) is 0 Å². The van der Waals surface area contributed by atoms with Gasteiger partial charge >= 0.3 is 0 Å². The highest BCUT2D eigenvalue weighted by Gasteiger charge is 2.48. The van der Waals surface area contributed by atoms with Gasteiger partial charge in [0.25, 0.3) is 0 Å². The molecule has 0 radical (unpaired) electrons. The molecule has 0 spiro atoms. The van der Waals surface area contributed by atoms with Crippen LogP contribution in [-0.2, 0) is 5.41 Å². The maximum atomic E-state index is 6.58. The summed E-state index contributed by atoms with van der Waals surface area (Å²) in [7, 11) is 0. The molecule has 12 aromatic rings. The second kappa shape index (κ2) is 12.2. The molecule has 2 nitrogen and oxygen atoms in total. The average molecular weight is 751 g/mol. The number of furan rings is 2. The van der Waals surface area contributed by atoms with Gasteiger partial charge in [-0.25, -0.2) is 0 Å². The molecule has 0 N–H and O–H groups in total. The third-order valence-corrected chi connectivity index (χ3v) is 12.9. The van der Waals surface area contributed by atoms with Gasteiger partial charge in [-0.1, -0.05) is 158 Å². The van der Waals surface area contributed by atoms with Crippen LogP contribution in [0, 0.1) is 0 Å². The molecule has 0 bridgehead atoms. The molecule has 0 unspecified atom stereocenters. The van der Waals surface area contributed by atoms with E-state index < -0.39 is 5.41 Å². The number of rotatable bonds is 4. The predicted molar refractivity (Wildman–Crippen MR) is 244 cm³/mol. The van der Waals surface area contributed by atoms with Gasteiger partial charge in [-0.05, 0) is 126 Å². The van der Waals surface area contributed by atoms with E-state index in [-0.39, 0.29) is 0 Å². The summed E-state index contributed by atoms with van der Waals surface area (Å²) in [5.41, 5.74) is 15.3. The number of benzene rings is 10. The summed E-state index contributed by atoms with van der Waals surface area (Å²) in [6.07, 6.45) is 0. The van der Waals surface area contributed by atoms with Crippen molar-refractivity contribution >= 4 is 65.4 Å². The first-order chi connectivity index (χ1) is 29.2. The quantitative estimate of drug-likeness (QED) is 0.179. The van der Waals surface area contributed by atoms with Gasteiger partial charge in [0.05, 0.1) is 5.41 Å². The van der Waals surface area contributed by atoms with E-state index in [1.54, 1.807) is 0 Å². The van der Waals surface area contributed by atoms with Gasteiger partial charge in [0.2, 0.25) is 0 Å². The number of hydrogen-bond donors (Lipinski definition) is 0. The molecular formula is C57H34O2. The van der Waals surface area contributed by atoms with E-state index in [9.17, 15) is 0 Å². The zero-order valence-corrected chi connectivity index (χ0v) is 31.9. The molecule has 59 heavy (non-hydrogen) atoms. The van der Waals surface area contributed by atoms with Crippen LogP contribution in [0.1, 0.15) is 22.3 Å². The van der Waals surface area contributed by atoms with Crippen molar-refractivity contribution < 1.29 is 8.83 Å². The first kappa shape index (κ1) is 32.4. The normalized spacial score (nSPS) is 13.2. The van der Waals surface area contributed by atoms with E-state index in [1.807, 2.05) is 6.07 Å². The van der Waals surface area contributed by atoms with Gasteiger partial charge in [0.15, 0.2) is 0 Å². The summed E-state index contributed by atoms with van der Waals surface area (Å²) in [6, 6.07) is 75.4. The Hall–Kier alpha value is -7.68. The Bertz CT molecular complexity index is 3620. The molecule has 2 aromatic heterocycles. The summed E-state index contributed by atoms with van der Waals surface area (Å²) < 4.78 is 12.9. The lowest BCUT2D eigenvalue weighted by Gasteiger charge is -2.35. The third kappa shape index (κ3) is 4.51. The molecule has 10 aromatic carbocycles. The van der Waals surface area contributed by atoms with Crippen molar-refractivity contribution in [2.24, 2.45) is 0 Å². The standard InChI is InChI=1S/C57H34O2/c1-3-16-40(17-4-1)57(41-18-5-2-6-19-41)49-23-11-9-21-44(49)55-45(38-28-29-51-47(33-38)43-20-10-12-24-50(43)58-51)31-39-27-26-37(32-46(39)56(55)57)42-22-13-25-52-54(42)48-30-35-14-7-8-15-36(35)34-53(48)59-52/h1-34H. The lowest BCUT2D eigenvalue weighted by Crippen LogP contribution is -2.28. The highest BCUT2D eigenvalue weighted by molar-refractivity contribution is 6.17. The second-order valence-corrected chi connectivity index (χ2v) is 15.9. The minimum absolute atomic E-state index is 0.596. The molecule has 1 aliphatic rings. The van der Waals surface area contributed by atoms with Crippen molar-refractivity contribution in [3.8, 4) is 33.4 Å². The Labute approximate surface area is 340 Å². The van der Waals surface area contributed by atoms with Crippen molar-refractivity contribution in [2.75, 3.05) is 0 Å². The minimum atomic E-state index is -0.596. The van der Waals surface area contributed by atoms with E-state index in [4.69, 9.17) is 8.83 Å². The van der Waals surface area contributed by atoms with Crippen LogP contribution in [0.15, 0.2) is 215 Å². The van der Waals surface area contributed by atoms with Gasteiger partial charge in [-0.15, -0.1) is 0 Å². The van der Waals surface area contributed by atoms with E-state index in [1.165, 1.54) is 66.1 Å². The average Bonchev–Trinajstić information content (AvgIpc) is 3.96. The lowest BCUT2D eigenvalue weighted by atomic mass is 9.66. The molecule has 0 atom stereocenters. The highest BCUT2D eigenvalue weighted by Crippen LogP contribution is 2.61.